The Morgan fingerprint density at radius 1 is 1.27 bits per heavy atom. The van der Waals surface area contributed by atoms with Crippen LogP contribution < -0.4 is 11.1 Å². The zero-order valence-electron chi connectivity index (χ0n) is 9.11. The highest BCUT2D eigenvalue weighted by Gasteiger charge is 2.54. The average Bonchev–Trinajstić information content (AvgIpc) is 2.98. The summed E-state index contributed by atoms with van der Waals surface area (Å²) in [7, 11) is 0. The van der Waals surface area contributed by atoms with Crippen LogP contribution >= 0.6 is 0 Å². The van der Waals surface area contributed by atoms with Crippen LogP contribution in [0.1, 0.15) is 25.7 Å². The first-order valence-corrected chi connectivity index (χ1v) is 5.97. The van der Waals surface area contributed by atoms with E-state index < -0.39 is 0 Å². The molecule has 0 heterocycles. The summed E-state index contributed by atoms with van der Waals surface area (Å²) < 4.78 is 0. The van der Waals surface area contributed by atoms with Crippen LogP contribution in [0, 0.1) is 17.8 Å². The zero-order chi connectivity index (χ0) is 10.7. The Morgan fingerprint density at radius 3 is 2.53 bits per heavy atom. The van der Waals surface area contributed by atoms with E-state index in [9.17, 15) is 4.79 Å². The molecule has 2 aliphatic rings. The van der Waals surface area contributed by atoms with Gasteiger partial charge in [-0.25, -0.2) is 0 Å². The van der Waals surface area contributed by atoms with Crippen LogP contribution in [0.5, 0.6) is 0 Å². The van der Waals surface area contributed by atoms with Crippen molar-refractivity contribution in [2.24, 2.45) is 23.5 Å². The molecule has 0 aromatic carbocycles. The molecule has 15 heavy (non-hydrogen) atoms. The van der Waals surface area contributed by atoms with Crippen LogP contribution in [0.3, 0.4) is 0 Å². The number of carbonyl (C=O) groups excluding carboxylic acids is 1. The second kappa shape index (κ2) is 4.79. The molecule has 3 nitrogen and oxygen atoms in total. The fourth-order valence-corrected chi connectivity index (χ4v) is 2.84. The van der Waals surface area contributed by atoms with Gasteiger partial charge >= 0.3 is 0 Å². The predicted molar refractivity (Wildman–Crippen MR) is 60.1 cm³/mol. The Morgan fingerprint density at radius 2 is 1.93 bits per heavy atom. The van der Waals surface area contributed by atoms with Gasteiger partial charge in [0.05, 0.1) is 0 Å². The lowest BCUT2D eigenvalue weighted by Gasteiger charge is -2.04. The van der Waals surface area contributed by atoms with Crippen molar-refractivity contribution in [2.45, 2.75) is 25.7 Å². The van der Waals surface area contributed by atoms with Gasteiger partial charge in [-0.2, -0.15) is 0 Å². The van der Waals surface area contributed by atoms with Crippen molar-refractivity contribution >= 4 is 5.91 Å². The second-order valence-electron chi connectivity index (χ2n) is 4.59. The van der Waals surface area contributed by atoms with Crippen LogP contribution in [0.15, 0.2) is 12.2 Å². The minimum absolute atomic E-state index is 0.258. The topological polar surface area (TPSA) is 55.1 Å². The Kier molecular flexibility index (Phi) is 3.41. The Bertz CT molecular complexity index is 250. The van der Waals surface area contributed by atoms with E-state index in [1.54, 1.807) is 0 Å². The second-order valence-corrected chi connectivity index (χ2v) is 4.59. The van der Waals surface area contributed by atoms with Gasteiger partial charge in [0.15, 0.2) is 0 Å². The van der Waals surface area contributed by atoms with Gasteiger partial charge in [0.1, 0.15) is 0 Å². The number of carbonyl (C=O) groups is 1. The third-order valence-electron chi connectivity index (χ3n) is 3.66. The van der Waals surface area contributed by atoms with Gasteiger partial charge in [-0.3, -0.25) is 4.79 Å². The lowest BCUT2D eigenvalue weighted by Crippen LogP contribution is -2.26. The summed E-state index contributed by atoms with van der Waals surface area (Å²) in [4.78, 5) is 11.8. The van der Waals surface area contributed by atoms with Crippen molar-refractivity contribution < 1.29 is 4.79 Å². The van der Waals surface area contributed by atoms with Crippen molar-refractivity contribution in [3.05, 3.63) is 12.2 Å². The fraction of sp³-hybridized carbons (Fsp3) is 0.750. The lowest BCUT2D eigenvalue weighted by molar-refractivity contribution is -0.122. The highest BCUT2D eigenvalue weighted by molar-refractivity contribution is 5.82. The van der Waals surface area contributed by atoms with Crippen molar-refractivity contribution in [2.75, 3.05) is 13.1 Å². The third-order valence-corrected chi connectivity index (χ3v) is 3.66. The first-order chi connectivity index (χ1) is 7.34. The van der Waals surface area contributed by atoms with Crippen molar-refractivity contribution in [1.82, 2.24) is 5.32 Å². The molecule has 2 fully saturated rings. The molecule has 0 saturated heterocycles. The molecule has 2 aliphatic carbocycles. The first-order valence-electron chi connectivity index (χ1n) is 5.97. The maximum absolute atomic E-state index is 11.8. The van der Waals surface area contributed by atoms with E-state index in [0.717, 1.165) is 0 Å². The Hall–Kier alpha value is -0.830. The van der Waals surface area contributed by atoms with Gasteiger partial charge in [-0.15, -0.1) is 0 Å². The quantitative estimate of drug-likeness (QED) is 0.679. The number of hydrogen-bond acceptors (Lipinski definition) is 2. The maximum Gasteiger partial charge on any atom is 0.223 e. The van der Waals surface area contributed by atoms with Crippen molar-refractivity contribution in [3.8, 4) is 0 Å². The molecule has 0 aromatic heterocycles. The number of nitrogens with two attached hydrogens (primary N) is 1. The van der Waals surface area contributed by atoms with E-state index >= 15 is 0 Å². The van der Waals surface area contributed by atoms with Crippen LogP contribution in [0.4, 0.5) is 0 Å². The zero-order valence-corrected chi connectivity index (χ0v) is 9.11. The smallest absolute Gasteiger partial charge is 0.223 e. The van der Waals surface area contributed by atoms with Gasteiger partial charge in [0.2, 0.25) is 5.91 Å². The molecule has 1 amide bonds. The predicted octanol–water partition coefficient (Wildman–Crippen LogP) is 1.05. The highest BCUT2D eigenvalue weighted by Crippen LogP contribution is 2.55. The molecule has 2 atom stereocenters. The third kappa shape index (κ3) is 2.40. The average molecular weight is 208 g/mol. The van der Waals surface area contributed by atoms with E-state index in [1.807, 2.05) is 12.2 Å². The lowest BCUT2D eigenvalue weighted by atomic mass is 10.0. The first kappa shape index (κ1) is 10.7. The fourth-order valence-electron chi connectivity index (χ4n) is 2.84. The molecule has 3 heteroatoms. The SMILES string of the molecule is NC/C=C/CNC(=O)C1C2CCCCC21. The number of nitrogens with one attached hydrogen (secondary N) is 1. The molecule has 84 valence electrons. The number of amides is 1. The number of hydrogen-bond donors (Lipinski definition) is 2. The molecular weight excluding hydrogens is 188 g/mol. The van der Waals surface area contributed by atoms with Gasteiger partial charge < -0.3 is 11.1 Å². The molecule has 2 unspecified atom stereocenters. The van der Waals surface area contributed by atoms with Gasteiger partial charge in [-0.05, 0) is 24.7 Å². The van der Waals surface area contributed by atoms with Crippen molar-refractivity contribution in [1.29, 1.82) is 0 Å². The molecule has 0 spiro atoms. The standard InChI is InChI=1S/C12H20N2O/c13-7-3-4-8-14-12(15)11-9-5-1-2-6-10(9)11/h3-4,9-11H,1-2,5-8,13H2,(H,14,15)/b4-3+. The maximum atomic E-state index is 11.8. The molecule has 0 aromatic rings. The van der Waals surface area contributed by atoms with E-state index in [1.165, 1.54) is 25.7 Å². The Balaban J connectivity index is 1.71. The summed E-state index contributed by atoms with van der Waals surface area (Å²) in [6.07, 6.45) is 8.96. The summed E-state index contributed by atoms with van der Waals surface area (Å²) in [5.41, 5.74) is 5.31. The van der Waals surface area contributed by atoms with Crippen LogP contribution in [-0.2, 0) is 4.79 Å². The molecule has 0 bridgehead atoms. The van der Waals surface area contributed by atoms with Crippen LogP contribution in [0.25, 0.3) is 0 Å². The molecule has 0 aliphatic heterocycles. The van der Waals surface area contributed by atoms with Gasteiger partial charge in [0.25, 0.3) is 0 Å². The van der Waals surface area contributed by atoms with E-state index in [-0.39, 0.29) is 5.91 Å². The van der Waals surface area contributed by atoms with Crippen LogP contribution in [-0.4, -0.2) is 19.0 Å². The molecular formula is C12H20N2O. The molecule has 0 radical (unpaired) electrons. The highest BCUT2D eigenvalue weighted by atomic mass is 16.2. The monoisotopic (exact) mass is 208 g/mol. The van der Waals surface area contributed by atoms with E-state index in [2.05, 4.69) is 5.32 Å². The molecule has 2 saturated carbocycles. The van der Waals surface area contributed by atoms with E-state index in [4.69, 9.17) is 5.73 Å². The van der Waals surface area contributed by atoms with Gasteiger partial charge in [0, 0.05) is 19.0 Å². The summed E-state index contributed by atoms with van der Waals surface area (Å²) in [6, 6.07) is 0. The minimum atomic E-state index is 0.258. The van der Waals surface area contributed by atoms with Crippen molar-refractivity contribution in [3.63, 3.8) is 0 Å². The minimum Gasteiger partial charge on any atom is -0.352 e. The summed E-state index contributed by atoms with van der Waals surface area (Å²) in [6.45, 7) is 1.18. The Labute approximate surface area is 91.1 Å². The summed E-state index contributed by atoms with van der Waals surface area (Å²) >= 11 is 0. The molecule has 3 N–H and O–H groups in total. The number of rotatable bonds is 4. The molecule has 2 rings (SSSR count). The largest absolute Gasteiger partial charge is 0.352 e. The van der Waals surface area contributed by atoms with Crippen LogP contribution in [0.2, 0.25) is 0 Å². The normalized spacial score (nSPS) is 33.8. The summed E-state index contributed by atoms with van der Waals surface area (Å²) in [5, 5.41) is 2.95. The van der Waals surface area contributed by atoms with E-state index in [0.29, 0.717) is 30.8 Å². The van der Waals surface area contributed by atoms with Gasteiger partial charge in [-0.1, -0.05) is 25.0 Å². The summed E-state index contributed by atoms with van der Waals surface area (Å²) in [5.74, 6) is 2.00. The number of fused-ring (bicyclic) bond motifs is 1.